The zero-order valence-electron chi connectivity index (χ0n) is 12.7. The third-order valence-corrected chi connectivity index (χ3v) is 6.86. The fraction of sp³-hybridized carbons (Fsp3) is 0.600. The van der Waals surface area contributed by atoms with Gasteiger partial charge in [0.15, 0.2) is 0 Å². The van der Waals surface area contributed by atoms with Crippen LogP contribution < -0.4 is 10.0 Å². The molecule has 2 N–H and O–H groups in total. The smallest absolute Gasteiger partial charge is 0.240 e. The topological polar surface area (TPSA) is 58.2 Å². The lowest BCUT2D eigenvalue weighted by molar-refractivity contribution is 0.362. The molecule has 1 aliphatic carbocycles. The summed E-state index contributed by atoms with van der Waals surface area (Å²) in [5.74, 6) is 0. The maximum atomic E-state index is 12.3. The van der Waals surface area contributed by atoms with E-state index >= 15 is 0 Å². The lowest BCUT2D eigenvalue weighted by Gasteiger charge is -2.40. The van der Waals surface area contributed by atoms with Crippen LogP contribution in [0.4, 0.5) is 5.69 Å². The number of hydrogen-bond acceptors (Lipinski definition) is 4. The van der Waals surface area contributed by atoms with Crippen LogP contribution in [0.5, 0.6) is 0 Å². The minimum absolute atomic E-state index is 0.107. The Hall–Kier alpha value is -0.720. The van der Waals surface area contributed by atoms with Gasteiger partial charge in [0.25, 0.3) is 0 Å². The van der Waals surface area contributed by atoms with Crippen LogP contribution in [0.25, 0.3) is 0 Å². The average Bonchev–Trinajstić information content (AvgIpc) is 2.45. The summed E-state index contributed by atoms with van der Waals surface area (Å²) >= 11 is 1.77. The van der Waals surface area contributed by atoms with Crippen LogP contribution in [-0.2, 0) is 10.0 Å². The third-order valence-electron chi connectivity index (χ3n) is 4.03. The first-order chi connectivity index (χ1) is 10.0. The predicted molar refractivity (Wildman–Crippen MR) is 90.5 cm³/mol. The fourth-order valence-electron chi connectivity index (χ4n) is 2.36. The molecule has 0 atom stereocenters. The van der Waals surface area contributed by atoms with Crippen molar-refractivity contribution in [3.05, 3.63) is 24.3 Å². The Bertz CT molecular complexity index is 546. The van der Waals surface area contributed by atoms with Crippen molar-refractivity contribution in [2.75, 3.05) is 24.7 Å². The predicted octanol–water partition coefficient (Wildman–Crippen LogP) is 3.07. The number of sulfonamides is 1. The highest BCUT2D eigenvalue weighted by Crippen LogP contribution is 2.42. The highest BCUT2D eigenvalue weighted by atomic mass is 32.2. The van der Waals surface area contributed by atoms with Crippen LogP contribution >= 0.6 is 11.8 Å². The van der Waals surface area contributed by atoms with Crippen molar-refractivity contribution in [1.29, 1.82) is 0 Å². The maximum absolute atomic E-state index is 12.3. The molecule has 1 aliphatic rings. The molecule has 1 aromatic carbocycles. The Kier molecular flexibility index (Phi) is 5.57. The molecule has 6 heteroatoms. The van der Waals surface area contributed by atoms with E-state index in [2.05, 4.69) is 23.2 Å². The molecule has 2 rings (SSSR count). The Morgan fingerprint density at radius 1 is 1.24 bits per heavy atom. The Morgan fingerprint density at radius 2 is 1.90 bits per heavy atom. The van der Waals surface area contributed by atoms with Gasteiger partial charge in [-0.25, -0.2) is 13.1 Å². The molecule has 1 saturated carbocycles. The third kappa shape index (κ3) is 4.14. The monoisotopic (exact) mass is 328 g/mol. The van der Waals surface area contributed by atoms with Crippen LogP contribution in [0.2, 0.25) is 0 Å². The maximum Gasteiger partial charge on any atom is 0.240 e. The Labute approximate surface area is 132 Å². The molecule has 0 bridgehead atoms. The number of benzene rings is 1. The van der Waals surface area contributed by atoms with Gasteiger partial charge in [0.1, 0.15) is 0 Å². The molecule has 0 saturated heterocycles. The second kappa shape index (κ2) is 7.03. The zero-order valence-corrected chi connectivity index (χ0v) is 14.3. The average molecular weight is 329 g/mol. The van der Waals surface area contributed by atoms with E-state index in [1.807, 2.05) is 12.1 Å². The number of thioether (sulfide) groups is 1. The van der Waals surface area contributed by atoms with Gasteiger partial charge in [-0.15, -0.1) is 0 Å². The summed E-state index contributed by atoms with van der Waals surface area (Å²) in [4.78, 5) is 0.333. The van der Waals surface area contributed by atoms with E-state index in [1.54, 1.807) is 23.9 Å². The summed E-state index contributed by atoms with van der Waals surface area (Å²) in [6, 6.07) is 6.95. The largest absolute Gasteiger partial charge is 0.385 e. The fourth-order valence-corrected chi connectivity index (χ4v) is 4.49. The SMILES string of the molecule is CCCNc1ccc(S(=O)(=O)NCC2(SC)CCC2)cc1. The summed E-state index contributed by atoms with van der Waals surface area (Å²) in [6.07, 6.45) is 6.48. The van der Waals surface area contributed by atoms with Gasteiger partial charge in [0.2, 0.25) is 10.0 Å². The van der Waals surface area contributed by atoms with Crippen LogP contribution in [0, 0.1) is 0 Å². The lowest BCUT2D eigenvalue weighted by atomic mass is 9.84. The van der Waals surface area contributed by atoms with Crippen molar-refractivity contribution >= 4 is 27.5 Å². The minimum Gasteiger partial charge on any atom is -0.385 e. The summed E-state index contributed by atoms with van der Waals surface area (Å²) in [5.41, 5.74) is 0.954. The van der Waals surface area contributed by atoms with Crippen LogP contribution in [0.15, 0.2) is 29.2 Å². The van der Waals surface area contributed by atoms with Gasteiger partial charge in [0.05, 0.1) is 4.90 Å². The number of rotatable bonds is 8. The molecule has 4 nitrogen and oxygen atoms in total. The first kappa shape index (κ1) is 16.6. The molecule has 0 aromatic heterocycles. The number of anilines is 1. The molecule has 0 amide bonds. The van der Waals surface area contributed by atoms with Crippen LogP contribution in [-0.4, -0.2) is 32.5 Å². The van der Waals surface area contributed by atoms with Gasteiger partial charge < -0.3 is 5.32 Å². The first-order valence-electron chi connectivity index (χ1n) is 7.40. The molecular formula is C15H24N2O2S2. The molecule has 0 heterocycles. The highest BCUT2D eigenvalue weighted by Gasteiger charge is 2.37. The van der Waals surface area contributed by atoms with Crippen LogP contribution in [0.3, 0.4) is 0 Å². The second-order valence-electron chi connectivity index (χ2n) is 5.52. The summed E-state index contributed by atoms with van der Waals surface area (Å²) in [7, 11) is -3.41. The quantitative estimate of drug-likeness (QED) is 0.770. The molecule has 118 valence electrons. The molecule has 0 aliphatic heterocycles. The summed E-state index contributed by atoms with van der Waals surface area (Å²) in [5, 5.41) is 3.24. The van der Waals surface area contributed by atoms with Crippen molar-refractivity contribution in [2.45, 2.75) is 42.2 Å². The summed E-state index contributed by atoms with van der Waals surface area (Å²) < 4.78 is 27.5. The standard InChI is InChI=1S/C15H24N2O2S2/c1-3-11-16-13-5-7-14(8-6-13)21(18,19)17-12-15(20-2)9-4-10-15/h5-8,16-17H,3-4,9-12H2,1-2H3. The minimum atomic E-state index is -3.41. The van der Waals surface area contributed by atoms with E-state index in [9.17, 15) is 8.42 Å². The van der Waals surface area contributed by atoms with E-state index in [4.69, 9.17) is 0 Å². The van der Waals surface area contributed by atoms with E-state index in [1.165, 1.54) is 6.42 Å². The molecule has 1 aromatic rings. The normalized spacial score (nSPS) is 17.2. The van der Waals surface area contributed by atoms with Crippen molar-refractivity contribution in [1.82, 2.24) is 4.72 Å². The van der Waals surface area contributed by atoms with Gasteiger partial charge in [-0.05, 0) is 49.8 Å². The van der Waals surface area contributed by atoms with Gasteiger partial charge in [0, 0.05) is 23.5 Å². The molecule has 0 spiro atoms. The number of nitrogens with one attached hydrogen (secondary N) is 2. The Balaban J connectivity index is 1.98. The molecule has 21 heavy (non-hydrogen) atoms. The van der Waals surface area contributed by atoms with Gasteiger partial charge >= 0.3 is 0 Å². The van der Waals surface area contributed by atoms with Crippen molar-refractivity contribution in [3.8, 4) is 0 Å². The van der Waals surface area contributed by atoms with E-state index in [-0.39, 0.29) is 4.75 Å². The van der Waals surface area contributed by atoms with Gasteiger partial charge in [-0.1, -0.05) is 13.3 Å². The van der Waals surface area contributed by atoms with Gasteiger partial charge in [-0.3, -0.25) is 0 Å². The van der Waals surface area contributed by atoms with Crippen LogP contribution in [0.1, 0.15) is 32.6 Å². The Morgan fingerprint density at radius 3 is 2.38 bits per heavy atom. The van der Waals surface area contributed by atoms with Crippen molar-refractivity contribution in [3.63, 3.8) is 0 Å². The highest BCUT2D eigenvalue weighted by molar-refractivity contribution is 8.00. The van der Waals surface area contributed by atoms with Crippen molar-refractivity contribution < 1.29 is 8.42 Å². The first-order valence-corrected chi connectivity index (χ1v) is 10.1. The number of hydrogen-bond donors (Lipinski definition) is 2. The van der Waals surface area contributed by atoms with Gasteiger partial charge in [-0.2, -0.15) is 11.8 Å². The zero-order chi connectivity index (χ0) is 15.3. The molecule has 0 unspecified atom stereocenters. The van der Waals surface area contributed by atoms with E-state index in [0.29, 0.717) is 11.4 Å². The molecule has 1 fully saturated rings. The van der Waals surface area contributed by atoms with E-state index < -0.39 is 10.0 Å². The molecule has 0 radical (unpaired) electrons. The molecular weight excluding hydrogens is 304 g/mol. The van der Waals surface area contributed by atoms with E-state index in [0.717, 1.165) is 31.5 Å². The second-order valence-corrected chi connectivity index (χ2v) is 8.56. The summed E-state index contributed by atoms with van der Waals surface area (Å²) in [6.45, 7) is 3.50. The lowest BCUT2D eigenvalue weighted by Crippen LogP contribution is -2.45. The van der Waals surface area contributed by atoms with Crippen molar-refractivity contribution in [2.24, 2.45) is 0 Å².